The predicted octanol–water partition coefficient (Wildman–Crippen LogP) is 3.25. The highest BCUT2D eigenvalue weighted by atomic mass is 35.5. The van der Waals surface area contributed by atoms with E-state index in [9.17, 15) is 9.59 Å². The Labute approximate surface area is 131 Å². The molecule has 112 valence electrons. The number of rotatable bonds is 8. The van der Waals surface area contributed by atoms with Gasteiger partial charge in [0.2, 0.25) is 5.91 Å². The molecule has 1 atom stereocenters. The second-order valence-corrected chi connectivity index (χ2v) is 7.57. The summed E-state index contributed by atoms with van der Waals surface area (Å²) >= 11 is 8.75. The summed E-state index contributed by atoms with van der Waals surface area (Å²) in [5, 5.41) is 11.6. The minimum absolute atomic E-state index is 0.220. The molecule has 0 aliphatic heterocycles. The van der Waals surface area contributed by atoms with Gasteiger partial charge >= 0.3 is 5.97 Å². The lowest BCUT2D eigenvalue weighted by Gasteiger charge is -2.16. The molecule has 1 unspecified atom stereocenters. The lowest BCUT2D eigenvalue weighted by Crippen LogP contribution is -2.42. The van der Waals surface area contributed by atoms with E-state index in [2.05, 4.69) is 5.32 Å². The molecular weight excluding hydrogens is 318 g/mol. The highest BCUT2D eigenvalue weighted by molar-refractivity contribution is 7.99. The summed E-state index contributed by atoms with van der Waals surface area (Å²) in [6.45, 7) is 3.86. The van der Waals surface area contributed by atoms with Gasteiger partial charge in [0, 0.05) is 10.6 Å². The molecule has 1 heterocycles. The molecule has 1 amide bonds. The van der Waals surface area contributed by atoms with Crippen LogP contribution in [0.5, 0.6) is 0 Å². The summed E-state index contributed by atoms with van der Waals surface area (Å²) in [4.78, 5) is 23.9. The summed E-state index contributed by atoms with van der Waals surface area (Å²) in [6, 6.07) is 2.95. The van der Waals surface area contributed by atoms with Gasteiger partial charge in [-0.05, 0) is 24.5 Å². The molecule has 0 radical (unpaired) electrons. The Balaban J connectivity index is 2.32. The molecule has 4 nitrogen and oxygen atoms in total. The van der Waals surface area contributed by atoms with Gasteiger partial charge in [0.25, 0.3) is 0 Å². The first-order valence-corrected chi connectivity index (χ1v) is 8.57. The molecular formula is C13H18ClNO3S2. The van der Waals surface area contributed by atoms with Crippen LogP contribution in [-0.4, -0.2) is 28.8 Å². The van der Waals surface area contributed by atoms with Gasteiger partial charge in [-0.25, -0.2) is 4.79 Å². The van der Waals surface area contributed by atoms with E-state index < -0.39 is 12.0 Å². The van der Waals surface area contributed by atoms with E-state index in [1.807, 2.05) is 26.0 Å². The van der Waals surface area contributed by atoms with Crippen molar-refractivity contribution in [3.05, 3.63) is 21.3 Å². The average Bonchev–Trinajstić information content (AvgIpc) is 2.73. The number of aliphatic carboxylic acids is 1. The van der Waals surface area contributed by atoms with Crippen molar-refractivity contribution in [2.24, 2.45) is 5.92 Å². The third-order valence-electron chi connectivity index (χ3n) is 2.45. The van der Waals surface area contributed by atoms with Crippen molar-refractivity contribution in [3.63, 3.8) is 0 Å². The maximum Gasteiger partial charge on any atom is 0.326 e. The Morgan fingerprint density at radius 1 is 1.45 bits per heavy atom. The van der Waals surface area contributed by atoms with E-state index in [1.54, 1.807) is 0 Å². The number of thiophene rings is 1. The zero-order valence-corrected chi connectivity index (χ0v) is 13.8. The molecule has 2 N–H and O–H groups in total. The summed E-state index contributed by atoms with van der Waals surface area (Å²) < 4.78 is 0.730. The van der Waals surface area contributed by atoms with Gasteiger partial charge < -0.3 is 10.4 Å². The number of halogens is 1. The van der Waals surface area contributed by atoms with Crippen LogP contribution in [-0.2, 0) is 15.3 Å². The van der Waals surface area contributed by atoms with Crippen molar-refractivity contribution in [1.29, 1.82) is 0 Å². The summed E-state index contributed by atoms with van der Waals surface area (Å²) in [5.74, 6) is -0.0606. The second kappa shape index (κ2) is 8.54. The zero-order valence-electron chi connectivity index (χ0n) is 11.4. The van der Waals surface area contributed by atoms with Crippen LogP contribution in [0.15, 0.2) is 12.1 Å². The van der Waals surface area contributed by atoms with Gasteiger partial charge in [0.05, 0.1) is 10.1 Å². The fraction of sp³-hybridized carbons (Fsp3) is 0.538. The Kier molecular flexibility index (Phi) is 7.40. The molecule has 0 bridgehead atoms. The number of hydrogen-bond donors (Lipinski definition) is 2. The van der Waals surface area contributed by atoms with Crippen LogP contribution >= 0.6 is 34.7 Å². The molecule has 1 aromatic rings. The van der Waals surface area contributed by atoms with Gasteiger partial charge in [-0.2, -0.15) is 0 Å². The Bertz CT molecular complexity index is 462. The molecule has 7 heteroatoms. The van der Waals surface area contributed by atoms with Gasteiger partial charge in [0.15, 0.2) is 0 Å². The van der Waals surface area contributed by atoms with Gasteiger partial charge in [-0.3, -0.25) is 4.79 Å². The van der Waals surface area contributed by atoms with Crippen LogP contribution in [0.3, 0.4) is 0 Å². The summed E-state index contributed by atoms with van der Waals surface area (Å²) in [5.41, 5.74) is 0. The lowest BCUT2D eigenvalue weighted by atomic mass is 10.0. The van der Waals surface area contributed by atoms with E-state index >= 15 is 0 Å². The monoisotopic (exact) mass is 335 g/mol. The maximum atomic E-state index is 11.7. The first kappa shape index (κ1) is 17.3. The fourth-order valence-corrected chi connectivity index (χ4v) is 3.64. The molecule has 0 aromatic carbocycles. The van der Waals surface area contributed by atoms with Crippen LogP contribution in [0.1, 0.15) is 25.1 Å². The van der Waals surface area contributed by atoms with E-state index in [1.165, 1.54) is 23.1 Å². The molecule has 0 fully saturated rings. The number of carboxylic acid groups (broad SMARTS) is 1. The van der Waals surface area contributed by atoms with Crippen LogP contribution < -0.4 is 5.32 Å². The summed E-state index contributed by atoms with van der Waals surface area (Å²) in [6.07, 6.45) is 0.437. The molecule has 0 saturated heterocycles. The second-order valence-electron chi connectivity index (χ2n) is 4.79. The highest BCUT2D eigenvalue weighted by Gasteiger charge is 2.20. The first-order chi connectivity index (χ1) is 9.38. The number of carbonyl (C=O) groups excluding carboxylic acids is 1. The normalized spacial score (nSPS) is 12.4. The van der Waals surface area contributed by atoms with Gasteiger partial charge in [-0.15, -0.1) is 23.1 Å². The average molecular weight is 336 g/mol. The highest BCUT2D eigenvalue weighted by Crippen LogP contribution is 2.25. The number of carboxylic acids is 1. The molecule has 0 aliphatic rings. The zero-order chi connectivity index (χ0) is 15.1. The number of hydrogen-bond acceptors (Lipinski definition) is 4. The molecule has 1 rings (SSSR count). The fourth-order valence-electron chi connectivity index (χ4n) is 1.60. The largest absolute Gasteiger partial charge is 0.480 e. The topological polar surface area (TPSA) is 66.4 Å². The number of carbonyl (C=O) groups is 2. The summed E-state index contributed by atoms with van der Waals surface area (Å²) in [7, 11) is 0. The standard InChI is InChI=1S/C13H18ClNO3S2/c1-8(2)5-10(13(17)18)15-12(16)7-19-6-9-3-4-11(14)20-9/h3-4,8,10H,5-7H2,1-2H3,(H,15,16)(H,17,18). The van der Waals surface area contributed by atoms with Crippen molar-refractivity contribution < 1.29 is 14.7 Å². The number of amides is 1. The van der Waals surface area contributed by atoms with Crippen molar-refractivity contribution in [2.75, 3.05) is 5.75 Å². The quantitative estimate of drug-likeness (QED) is 0.765. The van der Waals surface area contributed by atoms with Gasteiger partial charge in [-0.1, -0.05) is 25.4 Å². The smallest absolute Gasteiger partial charge is 0.326 e. The van der Waals surface area contributed by atoms with Crippen molar-refractivity contribution in [1.82, 2.24) is 5.32 Å². The Morgan fingerprint density at radius 2 is 2.15 bits per heavy atom. The van der Waals surface area contributed by atoms with E-state index in [4.69, 9.17) is 16.7 Å². The minimum Gasteiger partial charge on any atom is -0.480 e. The Morgan fingerprint density at radius 3 is 2.65 bits per heavy atom. The predicted molar refractivity (Wildman–Crippen MR) is 84.5 cm³/mol. The molecule has 20 heavy (non-hydrogen) atoms. The third kappa shape index (κ3) is 6.63. The first-order valence-electron chi connectivity index (χ1n) is 6.22. The van der Waals surface area contributed by atoms with E-state index in [0.717, 1.165) is 9.21 Å². The molecule has 1 aromatic heterocycles. The van der Waals surface area contributed by atoms with Crippen molar-refractivity contribution in [2.45, 2.75) is 32.1 Å². The minimum atomic E-state index is -0.984. The van der Waals surface area contributed by atoms with Crippen LogP contribution in [0.4, 0.5) is 0 Å². The number of nitrogens with one attached hydrogen (secondary N) is 1. The van der Waals surface area contributed by atoms with Gasteiger partial charge in [0.1, 0.15) is 6.04 Å². The Hall–Kier alpha value is -0.720. The SMILES string of the molecule is CC(C)CC(NC(=O)CSCc1ccc(Cl)s1)C(=O)O. The van der Waals surface area contributed by atoms with Crippen LogP contribution in [0.25, 0.3) is 0 Å². The van der Waals surface area contributed by atoms with Crippen LogP contribution in [0, 0.1) is 5.92 Å². The molecule has 0 saturated carbocycles. The third-order valence-corrected chi connectivity index (χ3v) is 4.84. The van der Waals surface area contributed by atoms with Crippen molar-refractivity contribution >= 4 is 46.6 Å². The van der Waals surface area contributed by atoms with Crippen LogP contribution in [0.2, 0.25) is 4.34 Å². The number of thioether (sulfide) groups is 1. The lowest BCUT2D eigenvalue weighted by molar-refractivity contribution is -0.141. The molecule has 0 aliphatic carbocycles. The molecule has 0 spiro atoms. The van der Waals surface area contributed by atoms with Crippen molar-refractivity contribution in [3.8, 4) is 0 Å². The maximum absolute atomic E-state index is 11.7. The van der Waals surface area contributed by atoms with E-state index in [0.29, 0.717) is 12.2 Å². The van der Waals surface area contributed by atoms with E-state index in [-0.39, 0.29) is 17.6 Å².